The molecule has 1 saturated heterocycles. The van der Waals surface area contributed by atoms with E-state index in [1.807, 2.05) is 0 Å². The van der Waals surface area contributed by atoms with Gasteiger partial charge in [-0.1, -0.05) is 21.1 Å². The first-order chi connectivity index (χ1) is 8.54. The summed E-state index contributed by atoms with van der Waals surface area (Å²) in [5.41, 5.74) is 0.650. The second-order valence-electron chi connectivity index (χ2n) is 4.02. The molecular formula is C11H13BrN2O3S. The van der Waals surface area contributed by atoms with E-state index in [2.05, 4.69) is 21.1 Å². The summed E-state index contributed by atoms with van der Waals surface area (Å²) in [7, 11) is -3.43. The summed E-state index contributed by atoms with van der Waals surface area (Å²) in [6.07, 6.45) is 0.957. The minimum Gasteiger partial charge on any atom is -0.411 e. The van der Waals surface area contributed by atoms with Gasteiger partial charge >= 0.3 is 0 Å². The Labute approximate surface area is 114 Å². The second-order valence-corrected chi connectivity index (χ2v) is 6.88. The van der Waals surface area contributed by atoms with E-state index in [1.165, 1.54) is 4.31 Å². The van der Waals surface area contributed by atoms with Crippen molar-refractivity contribution in [1.82, 2.24) is 4.31 Å². The first kappa shape index (κ1) is 13.5. The molecule has 1 aliphatic heterocycles. The van der Waals surface area contributed by atoms with Crippen LogP contribution in [0.15, 0.2) is 38.8 Å². The molecule has 98 valence electrons. The molecule has 0 aromatic heterocycles. The maximum absolute atomic E-state index is 12.3. The van der Waals surface area contributed by atoms with E-state index in [4.69, 9.17) is 5.21 Å². The third kappa shape index (κ3) is 2.73. The largest absolute Gasteiger partial charge is 0.411 e. The molecule has 5 nitrogen and oxygen atoms in total. The van der Waals surface area contributed by atoms with Crippen LogP contribution in [0.2, 0.25) is 0 Å². The summed E-state index contributed by atoms with van der Waals surface area (Å²) in [5, 5.41) is 11.8. The van der Waals surface area contributed by atoms with Crippen molar-refractivity contribution in [2.75, 3.05) is 13.1 Å². The summed E-state index contributed by atoms with van der Waals surface area (Å²) in [6, 6.07) is 6.57. The topological polar surface area (TPSA) is 70.0 Å². The monoisotopic (exact) mass is 332 g/mol. The van der Waals surface area contributed by atoms with Crippen LogP contribution in [-0.4, -0.2) is 36.7 Å². The average Bonchev–Trinajstić information content (AvgIpc) is 2.39. The second kappa shape index (κ2) is 5.38. The molecule has 0 spiro atoms. The van der Waals surface area contributed by atoms with E-state index in [0.717, 1.165) is 4.47 Å². The first-order valence-electron chi connectivity index (χ1n) is 5.49. The Morgan fingerprint density at radius 3 is 2.22 bits per heavy atom. The van der Waals surface area contributed by atoms with Gasteiger partial charge in [0.2, 0.25) is 10.0 Å². The van der Waals surface area contributed by atoms with Crippen LogP contribution in [0.1, 0.15) is 12.8 Å². The van der Waals surface area contributed by atoms with Crippen molar-refractivity contribution < 1.29 is 13.6 Å². The van der Waals surface area contributed by atoms with Crippen molar-refractivity contribution in [3.05, 3.63) is 28.7 Å². The Morgan fingerprint density at radius 1 is 1.17 bits per heavy atom. The summed E-state index contributed by atoms with van der Waals surface area (Å²) in [6.45, 7) is 0.718. The highest BCUT2D eigenvalue weighted by Gasteiger charge is 2.27. The molecule has 1 heterocycles. The van der Waals surface area contributed by atoms with Crippen molar-refractivity contribution in [3.63, 3.8) is 0 Å². The highest BCUT2D eigenvalue weighted by atomic mass is 79.9. The molecule has 1 N–H and O–H groups in total. The molecule has 0 saturated carbocycles. The summed E-state index contributed by atoms with van der Waals surface area (Å²) in [4.78, 5) is 0.287. The van der Waals surface area contributed by atoms with Crippen LogP contribution < -0.4 is 0 Å². The molecule has 18 heavy (non-hydrogen) atoms. The predicted molar refractivity (Wildman–Crippen MR) is 71.4 cm³/mol. The average molecular weight is 333 g/mol. The number of oxime groups is 1. The maximum Gasteiger partial charge on any atom is 0.243 e. The van der Waals surface area contributed by atoms with Crippen molar-refractivity contribution in [1.29, 1.82) is 0 Å². The van der Waals surface area contributed by atoms with E-state index in [1.54, 1.807) is 24.3 Å². The van der Waals surface area contributed by atoms with Gasteiger partial charge in [0.25, 0.3) is 0 Å². The van der Waals surface area contributed by atoms with Crippen LogP contribution >= 0.6 is 15.9 Å². The van der Waals surface area contributed by atoms with Gasteiger partial charge in [-0.2, -0.15) is 4.31 Å². The molecular weight excluding hydrogens is 320 g/mol. The Kier molecular flexibility index (Phi) is 4.04. The minimum absolute atomic E-state index is 0.287. The SMILES string of the molecule is O=S(=O)(c1ccc(Br)cc1)N1CCC(=NO)CC1. The van der Waals surface area contributed by atoms with Crippen molar-refractivity contribution >= 4 is 31.7 Å². The molecule has 0 unspecified atom stereocenters. The lowest BCUT2D eigenvalue weighted by Gasteiger charge is -2.26. The smallest absolute Gasteiger partial charge is 0.243 e. The lowest BCUT2D eigenvalue weighted by Crippen LogP contribution is -2.38. The molecule has 0 bridgehead atoms. The summed E-state index contributed by atoms with van der Waals surface area (Å²) in [5.74, 6) is 0. The molecule has 1 aliphatic rings. The molecule has 0 atom stereocenters. The van der Waals surface area contributed by atoms with E-state index < -0.39 is 10.0 Å². The minimum atomic E-state index is -3.43. The Balaban J connectivity index is 2.20. The zero-order valence-corrected chi connectivity index (χ0v) is 12.0. The molecule has 1 aromatic carbocycles. The number of halogens is 1. The van der Waals surface area contributed by atoms with Crippen LogP contribution in [0.25, 0.3) is 0 Å². The van der Waals surface area contributed by atoms with E-state index >= 15 is 0 Å². The molecule has 1 aromatic rings. The number of piperidine rings is 1. The number of hydrogen-bond acceptors (Lipinski definition) is 4. The highest BCUT2D eigenvalue weighted by Crippen LogP contribution is 2.21. The molecule has 0 radical (unpaired) electrons. The lowest BCUT2D eigenvalue weighted by atomic mass is 10.1. The first-order valence-corrected chi connectivity index (χ1v) is 7.73. The van der Waals surface area contributed by atoms with E-state index in [0.29, 0.717) is 31.6 Å². The fraction of sp³-hybridized carbons (Fsp3) is 0.364. The van der Waals surface area contributed by atoms with Crippen LogP contribution in [0, 0.1) is 0 Å². The van der Waals surface area contributed by atoms with Gasteiger partial charge in [0.05, 0.1) is 10.6 Å². The Hall–Kier alpha value is -0.920. The number of benzene rings is 1. The predicted octanol–water partition coefficient (Wildman–Crippen LogP) is 2.06. The lowest BCUT2D eigenvalue weighted by molar-refractivity contribution is 0.310. The number of nitrogens with zero attached hydrogens (tertiary/aromatic N) is 2. The molecule has 1 fully saturated rings. The number of rotatable bonds is 2. The summed E-state index contributed by atoms with van der Waals surface area (Å²) < 4.78 is 26.9. The fourth-order valence-electron chi connectivity index (χ4n) is 1.84. The number of hydrogen-bond donors (Lipinski definition) is 1. The highest BCUT2D eigenvalue weighted by molar-refractivity contribution is 9.10. The normalized spacial score (nSPS) is 17.7. The van der Waals surface area contributed by atoms with Gasteiger partial charge in [-0.05, 0) is 24.3 Å². The van der Waals surface area contributed by atoms with Gasteiger partial charge in [-0.15, -0.1) is 0 Å². The Bertz CT molecular complexity index is 544. The van der Waals surface area contributed by atoms with Gasteiger partial charge in [-0.25, -0.2) is 8.42 Å². The third-order valence-electron chi connectivity index (χ3n) is 2.89. The Morgan fingerprint density at radius 2 is 1.72 bits per heavy atom. The van der Waals surface area contributed by atoms with Crippen LogP contribution in [0.3, 0.4) is 0 Å². The number of sulfonamides is 1. The molecule has 2 rings (SSSR count). The van der Waals surface area contributed by atoms with Gasteiger partial charge < -0.3 is 5.21 Å². The fourth-order valence-corrected chi connectivity index (χ4v) is 3.55. The maximum atomic E-state index is 12.3. The van der Waals surface area contributed by atoms with Crippen LogP contribution in [0.4, 0.5) is 0 Å². The quantitative estimate of drug-likeness (QED) is 0.665. The molecule has 0 amide bonds. The van der Waals surface area contributed by atoms with Crippen molar-refractivity contribution in [3.8, 4) is 0 Å². The van der Waals surface area contributed by atoms with Crippen LogP contribution in [-0.2, 0) is 10.0 Å². The zero-order valence-electron chi connectivity index (χ0n) is 9.58. The van der Waals surface area contributed by atoms with Crippen LogP contribution in [0.5, 0.6) is 0 Å². The van der Waals surface area contributed by atoms with Crippen molar-refractivity contribution in [2.24, 2.45) is 5.16 Å². The third-order valence-corrected chi connectivity index (χ3v) is 5.33. The van der Waals surface area contributed by atoms with Gasteiger partial charge in [0.15, 0.2) is 0 Å². The standard InChI is InChI=1S/C11H13BrN2O3S/c12-9-1-3-11(4-2-9)18(16,17)14-7-5-10(13-15)6-8-14/h1-4,15H,5-8H2. The van der Waals surface area contributed by atoms with Crippen molar-refractivity contribution in [2.45, 2.75) is 17.7 Å². The molecule has 0 aliphatic carbocycles. The van der Waals surface area contributed by atoms with E-state index in [9.17, 15) is 8.42 Å². The molecule has 7 heteroatoms. The zero-order chi connectivity index (χ0) is 13.2. The van der Waals surface area contributed by atoms with E-state index in [-0.39, 0.29) is 4.90 Å². The summed E-state index contributed by atoms with van der Waals surface area (Å²) >= 11 is 3.27. The van der Waals surface area contributed by atoms with Gasteiger partial charge in [0.1, 0.15) is 0 Å². The van der Waals surface area contributed by atoms with Gasteiger partial charge in [-0.3, -0.25) is 0 Å². The van der Waals surface area contributed by atoms with Gasteiger partial charge in [0, 0.05) is 30.4 Å².